The summed E-state index contributed by atoms with van der Waals surface area (Å²) in [5.74, 6) is 0. The summed E-state index contributed by atoms with van der Waals surface area (Å²) in [6.07, 6.45) is 2.88. The van der Waals surface area contributed by atoms with Crippen molar-refractivity contribution in [3.8, 4) is 0 Å². The quantitative estimate of drug-likeness (QED) is 0.731. The summed E-state index contributed by atoms with van der Waals surface area (Å²) >= 11 is 0. The van der Waals surface area contributed by atoms with E-state index >= 15 is 0 Å². The highest BCUT2D eigenvalue weighted by Gasteiger charge is 2.09. The second-order valence-electron chi connectivity index (χ2n) is 5.19. The minimum Gasteiger partial charge on any atom is -0.399 e. The van der Waals surface area contributed by atoms with Gasteiger partial charge in [-0.3, -0.25) is 4.98 Å². The van der Waals surface area contributed by atoms with Crippen LogP contribution in [0, 0.1) is 0 Å². The number of nitrogen functional groups attached to an aromatic ring is 1. The van der Waals surface area contributed by atoms with Crippen LogP contribution in [0.1, 0.15) is 12.5 Å². The largest absolute Gasteiger partial charge is 0.399 e. The fraction of sp³-hybridized carbons (Fsp3) is 0.167. The summed E-state index contributed by atoms with van der Waals surface area (Å²) in [6, 6.07) is 16.6. The highest BCUT2D eigenvalue weighted by Crippen LogP contribution is 2.30. The summed E-state index contributed by atoms with van der Waals surface area (Å²) in [5, 5.41) is 1.11. The van der Waals surface area contributed by atoms with Crippen LogP contribution >= 0.6 is 0 Å². The van der Waals surface area contributed by atoms with Gasteiger partial charge in [-0.05, 0) is 48.4 Å². The number of aryl methyl sites for hydroxylation is 1. The second-order valence-corrected chi connectivity index (χ2v) is 5.19. The Hall–Kier alpha value is -2.55. The summed E-state index contributed by atoms with van der Waals surface area (Å²) in [7, 11) is 2.08. The molecule has 0 bridgehead atoms. The first kappa shape index (κ1) is 13.4. The van der Waals surface area contributed by atoms with Gasteiger partial charge in [0.15, 0.2) is 0 Å². The minimum atomic E-state index is 0.738. The van der Waals surface area contributed by atoms with Crippen LogP contribution in [-0.2, 0) is 6.42 Å². The van der Waals surface area contributed by atoms with Gasteiger partial charge in [-0.25, -0.2) is 0 Å². The number of benzene rings is 2. The molecule has 0 atom stereocenters. The average molecular weight is 277 g/mol. The normalized spacial score (nSPS) is 10.8. The molecular formula is C18H19N3. The van der Waals surface area contributed by atoms with Crippen molar-refractivity contribution in [1.82, 2.24) is 4.98 Å². The van der Waals surface area contributed by atoms with Crippen molar-refractivity contribution in [1.29, 1.82) is 0 Å². The molecule has 0 aliphatic carbocycles. The Balaban J connectivity index is 2.06. The SMILES string of the molecule is CCc1ccc(N(C)c2ccnc3cc(N)ccc23)cc1. The Kier molecular flexibility index (Phi) is 3.48. The van der Waals surface area contributed by atoms with Gasteiger partial charge < -0.3 is 10.6 Å². The predicted octanol–water partition coefficient (Wildman–Crippen LogP) is 4.15. The Morgan fingerprint density at radius 1 is 1.05 bits per heavy atom. The van der Waals surface area contributed by atoms with Crippen LogP contribution < -0.4 is 10.6 Å². The third-order valence-electron chi connectivity index (χ3n) is 3.84. The molecule has 3 nitrogen and oxygen atoms in total. The standard InChI is InChI=1S/C18H19N3/c1-3-13-4-7-15(8-5-13)21(2)18-10-11-20-17-12-14(19)6-9-16(17)18/h4-12H,3,19H2,1-2H3. The first-order chi connectivity index (χ1) is 10.2. The minimum absolute atomic E-state index is 0.738. The van der Waals surface area contributed by atoms with E-state index in [2.05, 4.69) is 48.1 Å². The van der Waals surface area contributed by atoms with Crippen LogP contribution in [0.15, 0.2) is 54.7 Å². The number of aromatic nitrogens is 1. The topological polar surface area (TPSA) is 42.2 Å². The third-order valence-corrected chi connectivity index (χ3v) is 3.84. The number of hydrogen-bond acceptors (Lipinski definition) is 3. The lowest BCUT2D eigenvalue weighted by Gasteiger charge is -2.21. The van der Waals surface area contributed by atoms with Gasteiger partial charge in [-0.15, -0.1) is 0 Å². The van der Waals surface area contributed by atoms with Crippen LogP contribution in [0.25, 0.3) is 10.9 Å². The zero-order chi connectivity index (χ0) is 14.8. The van der Waals surface area contributed by atoms with E-state index in [1.54, 1.807) is 0 Å². The number of nitrogens with zero attached hydrogens (tertiary/aromatic N) is 2. The molecule has 0 saturated heterocycles. The number of rotatable bonds is 3. The van der Waals surface area contributed by atoms with Gasteiger partial charge in [0.1, 0.15) is 0 Å². The van der Waals surface area contributed by atoms with Crippen molar-refractivity contribution in [3.63, 3.8) is 0 Å². The first-order valence-corrected chi connectivity index (χ1v) is 7.16. The van der Waals surface area contributed by atoms with Crippen molar-refractivity contribution < 1.29 is 0 Å². The van der Waals surface area contributed by atoms with Crippen LogP contribution in [-0.4, -0.2) is 12.0 Å². The molecule has 0 aliphatic rings. The number of anilines is 3. The fourth-order valence-electron chi connectivity index (χ4n) is 2.54. The molecule has 21 heavy (non-hydrogen) atoms. The molecule has 106 valence electrons. The van der Waals surface area contributed by atoms with Crippen LogP contribution in [0.4, 0.5) is 17.1 Å². The number of fused-ring (bicyclic) bond motifs is 1. The molecule has 0 spiro atoms. The summed E-state index contributed by atoms with van der Waals surface area (Å²) in [6.45, 7) is 2.17. The molecule has 0 amide bonds. The van der Waals surface area contributed by atoms with Crippen LogP contribution in [0.3, 0.4) is 0 Å². The molecule has 2 N–H and O–H groups in total. The van der Waals surface area contributed by atoms with E-state index in [1.807, 2.05) is 30.5 Å². The molecule has 0 saturated carbocycles. The van der Waals surface area contributed by atoms with E-state index in [4.69, 9.17) is 5.73 Å². The van der Waals surface area contributed by atoms with Gasteiger partial charge in [0.05, 0.1) is 11.2 Å². The summed E-state index contributed by atoms with van der Waals surface area (Å²) < 4.78 is 0. The molecule has 0 fully saturated rings. The molecule has 3 heteroatoms. The highest BCUT2D eigenvalue weighted by atomic mass is 15.1. The molecule has 0 radical (unpaired) electrons. The van der Waals surface area contributed by atoms with Gasteiger partial charge in [-0.2, -0.15) is 0 Å². The molecule has 3 aromatic rings. The average Bonchev–Trinajstić information content (AvgIpc) is 2.53. The smallest absolute Gasteiger partial charge is 0.0743 e. The Labute approximate surface area is 125 Å². The van der Waals surface area contributed by atoms with Crippen LogP contribution in [0.2, 0.25) is 0 Å². The predicted molar refractivity (Wildman–Crippen MR) is 90.0 cm³/mol. The molecular weight excluding hydrogens is 258 g/mol. The summed E-state index contributed by atoms with van der Waals surface area (Å²) in [5.41, 5.74) is 11.1. The van der Waals surface area contributed by atoms with E-state index in [0.29, 0.717) is 0 Å². The lowest BCUT2D eigenvalue weighted by molar-refractivity contribution is 1.13. The molecule has 1 aromatic heterocycles. The number of pyridine rings is 1. The highest BCUT2D eigenvalue weighted by molar-refractivity contribution is 5.94. The molecule has 0 unspecified atom stereocenters. The Morgan fingerprint density at radius 3 is 2.52 bits per heavy atom. The Morgan fingerprint density at radius 2 is 1.81 bits per heavy atom. The van der Waals surface area contributed by atoms with E-state index < -0.39 is 0 Å². The van der Waals surface area contributed by atoms with Crippen molar-refractivity contribution in [3.05, 3.63) is 60.3 Å². The number of nitrogens with two attached hydrogens (primary N) is 1. The molecule has 2 aromatic carbocycles. The maximum Gasteiger partial charge on any atom is 0.0743 e. The third kappa shape index (κ3) is 2.55. The zero-order valence-corrected chi connectivity index (χ0v) is 12.4. The van der Waals surface area contributed by atoms with Gasteiger partial charge in [-0.1, -0.05) is 19.1 Å². The first-order valence-electron chi connectivity index (χ1n) is 7.16. The summed E-state index contributed by atoms with van der Waals surface area (Å²) in [4.78, 5) is 6.58. The van der Waals surface area contributed by atoms with Gasteiger partial charge in [0.25, 0.3) is 0 Å². The second kappa shape index (κ2) is 5.44. The van der Waals surface area contributed by atoms with E-state index in [0.717, 1.165) is 34.4 Å². The van der Waals surface area contributed by atoms with Crippen molar-refractivity contribution in [2.45, 2.75) is 13.3 Å². The zero-order valence-electron chi connectivity index (χ0n) is 12.4. The van der Waals surface area contributed by atoms with E-state index in [9.17, 15) is 0 Å². The van der Waals surface area contributed by atoms with E-state index in [-0.39, 0.29) is 0 Å². The van der Waals surface area contributed by atoms with Gasteiger partial charge in [0.2, 0.25) is 0 Å². The molecule has 3 rings (SSSR count). The molecule has 1 heterocycles. The van der Waals surface area contributed by atoms with Crippen LogP contribution in [0.5, 0.6) is 0 Å². The lowest BCUT2D eigenvalue weighted by Crippen LogP contribution is -2.10. The van der Waals surface area contributed by atoms with Gasteiger partial charge >= 0.3 is 0 Å². The fourth-order valence-corrected chi connectivity index (χ4v) is 2.54. The van der Waals surface area contributed by atoms with Crippen molar-refractivity contribution in [2.24, 2.45) is 0 Å². The van der Waals surface area contributed by atoms with Crippen molar-refractivity contribution in [2.75, 3.05) is 17.7 Å². The Bertz CT molecular complexity index is 763. The van der Waals surface area contributed by atoms with Gasteiger partial charge in [0, 0.05) is 30.0 Å². The van der Waals surface area contributed by atoms with E-state index in [1.165, 1.54) is 5.56 Å². The molecule has 0 aliphatic heterocycles. The maximum absolute atomic E-state index is 5.84. The lowest BCUT2D eigenvalue weighted by atomic mass is 10.1. The maximum atomic E-state index is 5.84. The van der Waals surface area contributed by atoms with Crippen molar-refractivity contribution >= 4 is 28.0 Å². The number of hydrogen-bond donors (Lipinski definition) is 1. The monoisotopic (exact) mass is 277 g/mol.